The van der Waals surface area contributed by atoms with E-state index >= 15 is 0 Å². The van der Waals surface area contributed by atoms with Gasteiger partial charge in [-0.1, -0.05) is 27.7 Å². The van der Waals surface area contributed by atoms with E-state index < -0.39 is 29.8 Å². The molecular weight excluding hydrogens is 385 g/mol. The molecule has 0 aliphatic heterocycles. The van der Waals surface area contributed by atoms with Crippen molar-refractivity contribution >= 4 is 25.6 Å². The molecule has 0 fully saturated rings. The predicted molar refractivity (Wildman–Crippen MR) is 118 cm³/mol. The summed E-state index contributed by atoms with van der Waals surface area (Å²) >= 11 is 0. The molecule has 5 N–H and O–H groups in total. The van der Waals surface area contributed by atoms with Gasteiger partial charge in [-0.2, -0.15) is 5.48 Å². The molecule has 3 amide bonds. The van der Waals surface area contributed by atoms with E-state index in [9.17, 15) is 19.6 Å². The average Bonchev–Trinajstić information content (AvgIpc) is 2.69. The molecule has 172 valence electrons. The lowest BCUT2D eigenvalue weighted by Gasteiger charge is -2.24. The van der Waals surface area contributed by atoms with Gasteiger partial charge in [-0.25, -0.2) is 0 Å². The highest BCUT2D eigenvalue weighted by Gasteiger charge is 2.27. The first-order chi connectivity index (χ1) is 14.3. The molecule has 0 spiro atoms. The summed E-state index contributed by atoms with van der Waals surface area (Å²) in [6.45, 7) is 10.7. The summed E-state index contributed by atoms with van der Waals surface area (Å²) in [4.78, 5) is 39.0. The molecule has 0 aliphatic carbocycles. The Morgan fingerprint density at radius 2 is 1.60 bits per heavy atom. The summed E-state index contributed by atoms with van der Waals surface area (Å²) in [5.41, 5.74) is 1.99. The van der Waals surface area contributed by atoms with Crippen molar-refractivity contribution in [3.63, 3.8) is 0 Å². The average molecular weight is 425 g/mol. The first-order valence-corrected chi connectivity index (χ1v) is 11.0. The SMILES string of the molecule is [B]CNC(=O)CNC(=O)[C@H](CCCCN(CCC)CCC)NC(=O)[C@@H](NO)C(C)C. The number of unbranched alkanes of at least 4 members (excludes halogenated alkanes) is 1. The van der Waals surface area contributed by atoms with Gasteiger partial charge in [-0.15, -0.1) is 0 Å². The summed E-state index contributed by atoms with van der Waals surface area (Å²) in [5, 5.41) is 16.9. The Morgan fingerprint density at radius 3 is 2.10 bits per heavy atom. The second kappa shape index (κ2) is 17.1. The Labute approximate surface area is 182 Å². The third-order valence-corrected chi connectivity index (χ3v) is 4.74. The van der Waals surface area contributed by atoms with Crippen molar-refractivity contribution in [2.24, 2.45) is 5.92 Å². The molecule has 0 bridgehead atoms. The highest BCUT2D eigenvalue weighted by Crippen LogP contribution is 2.07. The van der Waals surface area contributed by atoms with Gasteiger partial charge in [0.25, 0.3) is 0 Å². The monoisotopic (exact) mass is 425 g/mol. The van der Waals surface area contributed by atoms with E-state index in [4.69, 9.17) is 7.85 Å². The highest BCUT2D eigenvalue weighted by atomic mass is 16.5. The van der Waals surface area contributed by atoms with Gasteiger partial charge in [0.05, 0.1) is 14.4 Å². The number of amides is 3. The van der Waals surface area contributed by atoms with Crippen molar-refractivity contribution in [2.45, 2.75) is 71.9 Å². The summed E-state index contributed by atoms with van der Waals surface area (Å²) < 4.78 is 0. The molecule has 0 aromatic heterocycles. The van der Waals surface area contributed by atoms with Gasteiger partial charge in [0.2, 0.25) is 17.7 Å². The van der Waals surface area contributed by atoms with Crippen LogP contribution in [0.4, 0.5) is 0 Å². The fourth-order valence-corrected chi connectivity index (χ4v) is 3.16. The minimum absolute atomic E-state index is 0.0148. The summed E-state index contributed by atoms with van der Waals surface area (Å²) in [6, 6.07) is -1.62. The Balaban J connectivity index is 4.86. The quantitative estimate of drug-likeness (QED) is 0.128. The van der Waals surface area contributed by atoms with Crippen LogP contribution in [-0.4, -0.2) is 80.4 Å². The fourth-order valence-electron chi connectivity index (χ4n) is 3.16. The molecule has 30 heavy (non-hydrogen) atoms. The van der Waals surface area contributed by atoms with Gasteiger partial charge in [0.1, 0.15) is 12.1 Å². The van der Waals surface area contributed by atoms with Crippen molar-refractivity contribution in [1.82, 2.24) is 26.3 Å². The molecule has 0 saturated heterocycles. The van der Waals surface area contributed by atoms with E-state index in [1.807, 2.05) is 5.48 Å². The topological polar surface area (TPSA) is 123 Å². The Hall–Kier alpha value is -1.65. The maximum atomic E-state index is 12.6. The number of carbonyl (C=O) groups excluding carboxylic acids is 3. The largest absolute Gasteiger partial charge is 0.364 e. The van der Waals surface area contributed by atoms with Crippen molar-refractivity contribution in [1.29, 1.82) is 0 Å². The van der Waals surface area contributed by atoms with E-state index in [0.717, 1.165) is 45.3 Å². The number of hydrogen-bond acceptors (Lipinski definition) is 6. The maximum absolute atomic E-state index is 12.6. The van der Waals surface area contributed by atoms with Gasteiger partial charge in [-0.3, -0.25) is 14.4 Å². The summed E-state index contributed by atoms with van der Waals surface area (Å²) in [7, 11) is 5.25. The van der Waals surface area contributed by atoms with Gasteiger partial charge >= 0.3 is 0 Å². The third kappa shape index (κ3) is 12.1. The Bertz CT molecular complexity index is 502. The minimum atomic E-state index is -0.828. The standard InChI is InChI=1S/C20H40BN5O4/c1-5-10-26(11-6-2)12-8-7-9-16(19(28)22-13-17(27)23-14-21)24-20(29)18(25-30)15(3)4/h15-16,18,25,30H,5-14H2,1-4H3,(H,22,28)(H,23,27)(H,24,29)/t16-,18-/m0/s1. The predicted octanol–water partition coefficient (Wildman–Crippen LogP) is 0.125. The normalized spacial score (nSPS) is 13.2. The van der Waals surface area contributed by atoms with Crippen molar-refractivity contribution in [3.8, 4) is 0 Å². The minimum Gasteiger partial charge on any atom is -0.364 e. The second-order valence-electron chi connectivity index (χ2n) is 7.77. The number of nitrogens with zero attached hydrogens (tertiary/aromatic N) is 1. The molecule has 10 heteroatoms. The molecule has 0 unspecified atom stereocenters. The lowest BCUT2D eigenvalue weighted by atomic mass is 10.0. The third-order valence-electron chi connectivity index (χ3n) is 4.74. The van der Waals surface area contributed by atoms with Crippen LogP contribution < -0.4 is 21.4 Å². The fraction of sp³-hybridized carbons (Fsp3) is 0.850. The number of hydrogen-bond donors (Lipinski definition) is 5. The van der Waals surface area contributed by atoms with Crippen LogP contribution in [0.25, 0.3) is 0 Å². The molecular formula is C20H40BN5O4. The van der Waals surface area contributed by atoms with Crippen LogP contribution in [0, 0.1) is 5.92 Å². The van der Waals surface area contributed by atoms with Crippen LogP contribution in [0.3, 0.4) is 0 Å². The molecule has 0 heterocycles. The number of carbonyl (C=O) groups is 3. The van der Waals surface area contributed by atoms with Gasteiger partial charge < -0.3 is 26.1 Å². The summed E-state index contributed by atoms with van der Waals surface area (Å²) in [6.07, 6.45) is 4.26. The number of rotatable bonds is 17. The number of nitrogens with one attached hydrogen (secondary N) is 4. The molecule has 2 atom stereocenters. The van der Waals surface area contributed by atoms with Crippen molar-refractivity contribution in [3.05, 3.63) is 0 Å². The molecule has 2 radical (unpaired) electrons. The molecule has 9 nitrogen and oxygen atoms in total. The lowest BCUT2D eigenvalue weighted by Crippen LogP contribution is -2.54. The molecule has 0 aromatic rings. The summed E-state index contributed by atoms with van der Waals surface area (Å²) in [5.74, 6) is -1.46. The Morgan fingerprint density at radius 1 is 0.967 bits per heavy atom. The Kier molecular flexibility index (Phi) is 16.1. The first-order valence-electron chi connectivity index (χ1n) is 11.0. The van der Waals surface area contributed by atoms with E-state index in [1.54, 1.807) is 13.8 Å². The maximum Gasteiger partial charge on any atom is 0.243 e. The van der Waals surface area contributed by atoms with Crippen LogP contribution in [0.2, 0.25) is 0 Å². The van der Waals surface area contributed by atoms with Gasteiger partial charge in [0.15, 0.2) is 0 Å². The van der Waals surface area contributed by atoms with Gasteiger partial charge in [0, 0.05) is 0 Å². The molecule has 0 saturated carbocycles. The van der Waals surface area contributed by atoms with Crippen LogP contribution in [0.15, 0.2) is 0 Å². The zero-order valence-electron chi connectivity index (χ0n) is 19.0. The van der Waals surface area contributed by atoms with Crippen molar-refractivity contribution < 1.29 is 19.6 Å². The van der Waals surface area contributed by atoms with E-state index in [-0.39, 0.29) is 18.9 Å². The van der Waals surface area contributed by atoms with Crippen molar-refractivity contribution in [2.75, 3.05) is 32.6 Å². The van der Waals surface area contributed by atoms with E-state index in [0.29, 0.717) is 6.42 Å². The second-order valence-corrected chi connectivity index (χ2v) is 7.77. The van der Waals surface area contributed by atoms with Gasteiger partial charge in [-0.05, 0) is 64.1 Å². The number of hydroxylamine groups is 1. The smallest absolute Gasteiger partial charge is 0.243 e. The van der Waals surface area contributed by atoms with Crippen LogP contribution in [0.1, 0.15) is 59.8 Å². The lowest BCUT2D eigenvalue weighted by molar-refractivity contribution is -0.133. The molecule has 0 rings (SSSR count). The van der Waals surface area contributed by atoms with Crippen LogP contribution in [-0.2, 0) is 14.4 Å². The molecule has 0 aliphatic rings. The van der Waals surface area contributed by atoms with Crippen LogP contribution >= 0.6 is 0 Å². The van der Waals surface area contributed by atoms with E-state index in [2.05, 4.69) is 34.7 Å². The first kappa shape index (κ1) is 28.4. The zero-order valence-corrected chi connectivity index (χ0v) is 19.0. The highest BCUT2D eigenvalue weighted by molar-refractivity contribution is 6.10. The van der Waals surface area contributed by atoms with E-state index in [1.165, 1.54) is 0 Å². The van der Waals surface area contributed by atoms with Crippen LogP contribution in [0.5, 0.6) is 0 Å². The zero-order chi connectivity index (χ0) is 22.9. The molecule has 0 aromatic carbocycles.